The maximum absolute atomic E-state index is 12.9. The van der Waals surface area contributed by atoms with E-state index in [9.17, 15) is 9.59 Å². The summed E-state index contributed by atoms with van der Waals surface area (Å²) < 4.78 is 16.4. The SMILES string of the molecule is COc1ccccc1CNC(=O)CN1CCC(C(=O)c2ccc3c(c2)OCCO3)CC1. The van der Waals surface area contributed by atoms with Gasteiger partial charge in [0.25, 0.3) is 0 Å². The van der Waals surface area contributed by atoms with Crippen molar-refractivity contribution in [2.75, 3.05) is 40.0 Å². The molecule has 0 bridgehead atoms. The van der Waals surface area contributed by atoms with Gasteiger partial charge in [-0.3, -0.25) is 14.5 Å². The number of piperidine rings is 1. The second kappa shape index (κ2) is 9.83. The zero-order chi connectivity index (χ0) is 21.6. The summed E-state index contributed by atoms with van der Waals surface area (Å²) in [6.45, 7) is 3.25. The molecule has 0 spiro atoms. The number of hydrogen-bond acceptors (Lipinski definition) is 6. The highest BCUT2D eigenvalue weighted by Gasteiger charge is 2.27. The lowest BCUT2D eigenvalue weighted by Crippen LogP contribution is -2.42. The number of carbonyl (C=O) groups is 2. The van der Waals surface area contributed by atoms with Gasteiger partial charge in [-0.2, -0.15) is 0 Å². The van der Waals surface area contributed by atoms with Gasteiger partial charge in [-0.25, -0.2) is 0 Å². The highest BCUT2D eigenvalue weighted by atomic mass is 16.6. The first-order valence-corrected chi connectivity index (χ1v) is 10.7. The Labute approximate surface area is 182 Å². The van der Waals surface area contributed by atoms with Crippen molar-refractivity contribution in [3.8, 4) is 17.2 Å². The van der Waals surface area contributed by atoms with Crippen LogP contribution in [0.4, 0.5) is 0 Å². The van der Waals surface area contributed by atoms with E-state index in [1.54, 1.807) is 13.2 Å². The lowest BCUT2D eigenvalue weighted by Gasteiger charge is -2.31. The minimum atomic E-state index is -0.0320. The maximum atomic E-state index is 12.9. The summed E-state index contributed by atoms with van der Waals surface area (Å²) >= 11 is 0. The number of rotatable bonds is 7. The molecule has 2 heterocycles. The zero-order valence-corrected chi connectivity index (χ0v) is 17.8. The second-order valence-corrected chi connectivity index (χ2v) is 7.86. The molecular weight excluding hydrogens is 396 g/mol. The second-order valence-electron chi connectivity index (χ2n) is 7.86. The summed E-state index contributed by atoms with van der Waals surface area (Å²) in [5.41, 5.74) is 1.61. The molecule has 0 radical (unpaired) electrons. The lowest BCUT2D eigenvalue weighted by atomic mass is 9.88. The van der Waals surface area contributed by atoms with Crippen LogP contribution in [-0.4, -0.2) is 56.5 Å². The van der Waals surface area contributed by atoms with Crippen molar-refractivity contribution in [1.82, 2.24) is 10.2 Å². The number of nitrogens with one attached hydrogen (secondary N) is 1. The predicted molar refractivity (Wildman–Crippen MR) is 116 cm³/mol. The highest BCUT2D eigenvalue weighted by molar-refractivity contribution is 5.98. The Kier molecular flexibility index (Phi) is 6.72. The van der Waals surface area contributed by atoms with Crippen molar-refractivity contribution in [3.63, 3.8) is 0 Å². The summed E-state index contributed by atoms with van der Waals surface area (Å²) in [6, 6.07) is 13.1. The maximum Gasteiger partial charge on any atom is 0.234 e. The molecule has 31 heavy (non-hydrogen) atoms. The van der Waals surface area contributed by atoms with Crippen molar-refractivity contribution >= 4 is 11.7 Å². The molecule has 0 aromatic heterocycles. The summed E-state index contributed by atoms with van der Waals surface area (Å²) in [5, 5.41) is 2.96. The largest absolute Gasteiger partial charge is 0.496 e. The van der Waals surface area contributed by atoms with Crippen LogP contribution in [0.15, 0.2) is 42.5 Å². The number of nitrogens with zero attached hydrogens (tertiary/aromatic N) is 1. The highest BCUT2D eigenvalue weighted by Crippen LogP contribution is 2.32. The van der Waals surface area contributed by atoms with Crippen LogP contribution in [0.5, 0.6) is 17.2 Å². The molecule has 0 atom stereocenters. The van der Waals surface area contributed by atoms with Crippen molar-refractivity contribution in [2.45, 2.75) is 19.4 Å². The predicted octanol–water partition coefficient (Wildman–Crippen LogP) is 2.68. The van der Waals surface area contributed by atoms with Crippen LogP contribution in [0.2, 0.25) is 0 Å². The molecule has 0 saturated carbocycles. The van der Waals surface area contributed by atoms with E-state index >= 15 is 0 Å². The van der Waals surface area contributed by atoms with E-state index in [0.717, 1.165) is 37.2 Å². The van der Waals surface area contributed by atoms with Crippen LogP contribution < -0.4 is 19.5 Å². The molecule has 1 fully saturated rings. The van der Waals surface area contributed by atoms with Gasteiger partial charge in [0.1, 0.15) is 19.0 Å². The Morgan fingerprint density at radius 2 is 1.81 bits per heavy atom. The number of methoxy groups -OCH3 is 1. The molecule has 4 rings (SSSR count). The molecule has 7 nitrogen and oxygen atoms in total. The third-order valence-electron chi connectivity index (χ3n) is 5.82. The van der Waals surface area contributed by atoms with Gasteiger partial charge in [0, 0.05) is 23.6 Å². The molecule has 0 unspecified atom stereocenters. The van der Waals surface area contributed by atoms with Gasteiger partial charge < -0.3 is 19.5 Å². The van der Waals surface area contributed by atoms with Crippen LogP contribution in [0.25, 0.3) is 0 Å². The Morgan fingerprint density at radius 3 is 2.58 bits per heavy atom. The van der Waals surface area contributed by atoms with E-state index in [1.807, 2.05) is 36.4 Å². The molecule has 2 aromatic rings. The molecule has 1 saturated heterocycles. The topological polar surface area (TPSA) is 77.1 Å². The smallest absolute Gasteiger partial charge is 0.234 e. The Bertz CT molecular complexity index is 937. The van der Waals surface area contributed by atoms with Crippen LogP contribution in [-0.2, 0) is 11.3 Å². The number of para-hydroxylation sites is 1. The molecule has 1 amide bonds. The number of hydrogen-bond donors (Lipinski definition) is 1. The van der Waals surface area contributed by atoms with E-state index in [2.05, 4.69) is 10.2 Å². The standard InChI is InChI=1S/C24H28N2O5/c1-29-20-5-3-2-4-19(20)15-25-23(27)16-26-10-8-17(9-11-26)24(28)18-6-7-21-22(14-18)31-13-12-30-21/h2-7,14,17H,8-13,15-16H2,1H3,(H,25,27). The first kappa shape index (κ1) is 21.2. The Morgan fingerprint density at radius 1 is 1.06 bits per heavy atom. The molecule has 0 aliphatic carbocycles. The van der Waals surface area contributed by atoms with Gasteiger partial charge in [0.15, 0.2) is 17.3 Å². The third kappa shape index (κ3) is 5.17. The molecule has 2 aliphatic rings. The van der Waals surface area contributed by atoms with Crippen molar-refractivity contribution < 1.29 is 23.8 Å². The summed E-state index contributed by atoms with van der Waals surface area (Å²) in [5.74, 6) is 2.18. The normalized spacial score (nSPS) is 16.5. The zero-order valence-electron chi connectivity index (χ0n) is 17.8. The van der Waals surface area contributed by atoms with Gasteiger partial charge >= 0.3 is 0 Å². The van der Waals surface area contributed by atoms with Crippen LogP contribution in [0.1, 0.15) is 28.8 Å². The summed E-state index contributed by atoms with van der Waals surface area (Å²) in [4.78, 5) is 27.4. The summed E-state index contributed by atoms with van der Waals surface area (Å²) in [6.07, 6.45) is 1.49. The van der Waals surface area contributed by atoms with Crippen molar-refractivity contribution in [2.24, 2.45) is 5.92 Å². The number of likely N-dealkylation sites (tertiary alicyclic amines) is 1. The molecule has 1 N–H and O–H groups in total. The van der Waals surface area contributed by atoms with Crippen molar-refractivity contribution in [1.29, 1.82) is 0 Å². The van der Waals surface area contributed by atoms with Crippen molar-refractivity contribution in [3.05, 3.63) is 53.6 Å². The average Bonchev–Trinajstić information content (AvgIpc) is 2.82. The van der Waals surface area contributed by atoms with E-state index in [4.69, 9.17) is 14.2 Å². The number of carbonyl (C=O) groups excluding carboxylic acids is 2. The Balaban J connectivity index is 1.25. The fourth-order valence-electron chi connectivity index (χ4n) is 4.09. The first-order valence-electron chi connectivity index (χ1n) is 10.7. The Hall–Kier alpha value is -3.06. The number of ketones is 1. The molecule has 7 heteroatoms. The van der Waals surface area contributed by atoms with Crippen LogP contribution >= 0.6 is 0 Å². The van der Waals surface area contributed by atoms with Gasteiger partial charge in [0.2, 0.25) is 5.91 Å². The molecule has 2 aliphatic heterocycles. The number of amides is 1. The molecule has 2 aromatic carbocycles. The van der Waals surface area contributed by atoms with Gasteiger partial charge in [0.05, 0.1) is 13.7 Å². The minimum Gasteiger partial charge on any atom is -0.496 e. The van der Waals surface area contributed by atoms with Crippen LogP contribution in [0.3, 0.4) is 0 Å². The van der Waals surface area contributed by atoms with E-state index in [1.165, 1.54) is 0 Å². The fraction of sp³-hybridized carbons (Fsp3) is 0.417. The van der Waals surface area contributed by atoms with E-state index in [0.29, 0.717) is 43.4 Å². The summed E-state index contributed by atoms with van der Waals surface area (Å²) in [7, 11) is 1.62. The molecular formula is C24H28N2O5. The minimum absolute atomic E-state index is 0.0254. The molecule has 164 valence electrons. The third-order valence-corrected chi connectivity index (χ3v) is 5.82. The number of ether oxygens (including phenoxy) is 3. The number of benzene rings is 2. The average molecular weight is 424 g/mol. The first-order chi connectivity index (χ1) is 15.1. The number of fused-ring (bicyclic) bond motifs is 1. The van der Waals surface area contributed by atoms with Gasteiger partial charge in [-0.1, -0.05) is 18.2 Å². The van der Waals surface area contributed by atoms with E-state index in [-0.39, 0.29) is 17.6 Å². The fourth-order valence-corrected chi connectivity index (χ4v) is 4.09. The monoisotopic (exact) mass is 424 g/mol. The van der Waals surface area contributed by atoms with Gasteiger partial charge in [-0.15, -0.1) is 0 Å². The lowest BCUT2D eigenvalue weighted by molar-refractivity contribution is -0.122. The van der Waals surface area contributed by atoms with E-state index < -0.39 is 0 Å². The van der Waals surface area contributed by atoms with Gasteiger partial charge in [-0.05, 0) is 50.2 Å². The van der Waals surface area contributed by atoms with Crippen LogP contribution in [0, 0.1) is 5.92 Å². The number of Topliss-reactive ketones (excluding diaryl/α,β-unsaturated/α-hetero) is 1. The quantitative estimate of drug-likeness (QED) is 0.689.